The third-order valence-corrected chi connectivity index (χ3v) is 5.82. The first-order valence-electron chi connectivity index (χ1n) is 11.5. The van der Waals surface area contributed by atoms with Gasteiger partial charge in [-0.05, 0) is 66.7 Å². The number of aryl methyl sites for hydroxylation is 1. The number of anilines is 1. The Kier molecular flexibility index (Phi) is 8.37. The molecule has 8 nitrogen and oxygen atoms in total. The van der Waals surface area contributed by atoms with Crippen LogP contribution in [-0.4, -0.2) is 37.3 Å². The molecule has 0 spiro atoms. The Morgan fingerprint density at radius 2 is 1.57 bits per heavy atom. The van der Waals surface area contributed by atoms with E-state index in [0.29, 0.717) is 35.1 Å². The average Bonchev–Trinajstić information content (AvgIpc) is 2.92. The average molecular weight is 518 g/mol. The van der Waals surface area contributed by atoms with Crippen molar-refractivity contribution in [3.8, 4) is 28.7 Å². The Morgan fingerprint density at radius 1 is 0.865 bits per heavy atom. The van der Waals surface area contributed by atoms with E-state index in [0.717, 1.165) is 22.2 Å². The van der Waals surface area contributed by atoms with Crippen LogP contribution in [0.2, 0.25) is 0 Å². The van der Waals surface area contributed by atoms with E-state index in [-0.39, 0.29) is 17.4 Å². The van der Waals surface area contributed by atoms with Crippen molar-refractivity contribution in [2.75, 3.05) is 26.6 Å². The molecule has 0 saturated carbocycles. The number of para-hydroxylation sites is 1. The summed E-state index contributed by atoms with van der Waals surface area (Å²) in [5.74, 6) is 3.02. The van der Waals surface area contributed by atoms with E-state index < -0.39 is 0 Å². The fraction of sp³-hybridized carbons (Fsp3) is 0.179. The molecule has 190 valence electrons. The van der Waals surface area contributed by atoms with Gasteiger partial charge in [0.25, 0.3) is 0 Å². The summed E-state index contributed by atoms with van der Waals surface area (Å²) in [6, 6.07) is 20.3. The van der Waals surface area contributed by atoms with Gasteiger partial charge in [0.15, 0.2) is 16.6 Å². The van der Waals surface area contributed by atoms with Crippen LogP contribution in [0.4, 0.5) is 5.69 Å². The number of hydrogen-bond donors (Lipinski definition) is 2. The van der Waals surface area contributed by atoms with Crippen molar-refractivity contribution < 1.29 is 23.7 Å². The van der Waals surface area contributed by atoms with Gasteiger partial charge in [-0.1, -0.05) is 18.2 Å². The summed E-state index contributed by atoms with van der Waals surface area (Å²) >= 11 is 5.30. The van der Waals surface area contributed by atoms with E-state index >= 15 is 0 Å². The first kappa shape index (κ1) is 25.7. The number of nitrogens with zero attached hydrogens (tertiary/aromatic N) is 1. The number of carbonyl (C=O) groups is 1. The molecule has 4 aromatic rings. The second-order valence-corrected chi connectivity index (χ2v) is 8.38. The minimum Gasteiger partial charge on any atom is -0.496 e. The number of carbonyl (C=O) groups excluding carboxylic acids is 1. The maximum atomic E-state index is 12.3. The zero-order chi connectivity index (χ0) is 26.2. The van der Waals surface area contributed by atoms with Crippen molar-refractivity contribution in [2.24, 2.45) is 0 Å². The highest BCUT2D eigenvalue weighted by Crippen LogP contribution is 2.37. The first-order valence-corrected chi connectivity index (χ1v) is 11.9. The predicted molar refractivity (Wildman–Crippen MR) is 147 cm³/mol. The third kappa shape index (κ3) is 6.45. The smallest absolute Gasteiger partial charge is 0.226 e. The SMILES string of the molecule is COc1ccccc1CCC(=O)NC(=S)Nc1ccc(Oc2ccnc3cc(OC)c(OC)cc23)cc1. The summed E-state index contributed by atoms with van der Waals surface area (Å²) in [5, 5.41) is 6.75. The number of nitrogens with one attached hydrogen (secondary N) is 2. The van der Waals surface area contributed by atoms with Crippen molar-refractivity contribution in [1.82, 2.24) is 10.3 Å². The molecule has 0 bridgehead atoms. The second-order valence-electron chi connectivity index (χ2n) is 7.97. The lowest BCUT2D eigenvalue weighted by Crippen LogP contribution is -2.34. The lowest BCUT2D eigenvalue weighted by Gasteiger charge is -2.13. The van der Waals surface area contributed by atoms with E-state index in [1.165, 1.54) is 0 Å². The van der Waals surface area contributed by atoms with Crippen LogP contribution in [0.15, 0.2) is 72.9 Å². The zero-order valence-electron chi connectivity index (χ0n) is 20.7. The lowest BCUT2D eigenvalue weighted by atomic mass is 10.1. The first-order chi connectivity index (χ1) is 18.0. The molecule has 0 atom stereocenters. The highest BCUT2D eigenvalue weighted by molar-refractivity contribution is 7.80. The molecule has 0 radical (unpaired) electrons. The van der Waals surface area contributed by atoms with Crippen LogP contribution < -0.4 is 29.6 Å². The van der Waals surface area contributed by atoms with Crippen LogP contribution in [0.5, 0.6) is 28.7 Å². The van der Waals surface area contributed by atoms with Crippen molar-refractivity contribution in [1.29, 1.82) is 0 Å². The largest absolute Gasteiger partial charge is 0.496 e. The standard InChI is InChI=1S/C28H27N3O5S/c1-33-23-7-5-4-6-18(23)8-13-27(32)31-28(37)30-19-9-11-20(12-10-19)36-24-14-15-29-22-17-26(35-3)25(34-2)16-21(22)24/h4-7,9-12,14-17H,8,13H2,1-3H3,(H2,30,31,32,37). The van der Waals surface area contributed by atoms with E-state index in [1.807, 2.05) is 54.6 Å². The predicted octanol–water partition coefficient (Wildman–Crippen LogP) is 5.50. The maximum absolute atomic E-state index is 12.3. The molecule has 1 heterocycles. The normalized spacial score (nSPS) is 10.5. The Morgan fingerprint density at radius 3 is 2.30 bits per heavy atom. The van der Waals surface area contributed by atoms with E-state index in [1.54, 1.807) is 39.7 Å². The number of aromatic nitrogens is 1. The van der Waals surface area contributed by atoms with Crippen molar-refractivity contribution in [3.63, 3.8) is 0 Å². The number of amides is 1. The highest BCUT2D eigenvalue weighted by Gasteiger charge is 2.12. The molecule has 4 rings (SSSR count). The van der Waals surface area contributed by atoms with Gasteiger partial charge in [-0.2, -0.15) is 0 Å². The fourth-order valence-corrected chi connectivity index (χ4v) is 4.01. The Bertz CT molecular complexity index is 1410. The van der Waals surface area contributed by atoms with E-state index in [2.05, 4.69) is 15.6 Å². The Hall–Kier alpha value is -4.37. The number of ether oxygens (including phenoxy) is 4. The van der Waals surface area contributed by atoms with Gasteiger partial charge in [0.05, 0.1) is 26.8 Å². The molecule has 0 saturated heterocycles. The van der Waals surface area contributed by atoms with E-state index in [9.17, 15) is 4.79 Å². The van der Waals surface area contributed by atoms with Gasteiger partial charge >= 0.3 is 0 Å². The molecule has 3 aromatic carbocycles. The summed E-state index contributed by atoms with van der Waals surface area (Å²) < 4.78 is 22.2. The quantitative estimate of drug-likeness (QED) is 0.281. The number of benzene rings is 3. The number of thiocarbonyl (C=S) groups is 1. The summed E-state index contributed by atoms with van der Waals surface area (Å²) in [5.41, 5.74) is 2.41. The number of rotatable bonds is 9. The Labute approximate surface area is 220 Å². The lowest BCUT2D eigenvalue weighted by molar-refractivity contribution is -0.119. The van der Waals surface area contributed by atoms with Gasteiger partial charge in [0.1, 0.15) is 17.2 Å². The molecule has 1 amide bonds. The van der Waals surface area contributed by atoms with Crippen LogP contribution in [0, 0.1) is 0 Å². The third-order valence-electron chi connectivity index (χ3n) is 5.61. The minimum absolute atomic E-state index is 0.181. The van der Waals surface area contributed by atoms with Crippen molar-refractivity contribution in [3.05, 3.63) is 78.5 Å². The molecular weight excluding hydrogens is 490 g/mol. The van der Waals surface area contributed by atoms with Crippen LogP contribution in [0.3, 0.4) is 0 Å². The summed E-state index contributed by atoms with van der Waals surface area (Å²) in [6.45, 7) is 0. The summed E-state index contributed by atoms with van der Waals surface area (Å²) in [4.78, 5) is 16.7. The van der Waals surface area contributed by atoms with Crippen LogP contribution >= 0.6 is 12.2 Å². The van der Waals surface area contributed by atoms with Crippen molar-refractivity contribution >= 4 is 39.8 Å². The molecule has 0 aliphatic heterocycles. The molecular formula is C28H27N3O5S. The molecule has 9 heteroatoms. The summed E-state index contributed by atoms with van der Waals surface area (Å²) in [7, 11) is 4.78. The monoisotopic (exact) mass is 517 g/mol. The zero-order valence-corrected chi connectivity index (χ0v) is 21.6. The van der Waals surface area contributed by atoms with Crippen LogP contribution in [0.1, 0.15) is 12.0 Å². The maximum Gasteiger partial charge on any atom is 0.226 e. The van der Waals surface area contributed by atoms with Crippen molar-refractivity contribution in [2.45, 2.75) is 12.8 Å². The van der Waals surface area contributed by atoms with Crippen LogP contribution in [-0.2, 0) is 11.2 Å². The van der Waals surface area contributed by atoms with E-state index in [4.69, 9.17) is 31.2 Å². The molecule has 37 heavy (non-hydrogen) atoms. The van der Waals surface area contributed by atoms with Gasteiger partial charge in [-0.15, -0.1) is 0 Å². The van der Waals surface area contributed by atoms with Gasteiger partial charge in [-0.3, -0.25) is 9.78 Å². The second kappa shape index (κ2) is 12.0. The number of fused-ring (bicyclic) bond motifs is 1. The molecule has 0 aliphatic rings. The molecule has 0 unspecified atom stereocenters. The van der Waals surface area contributed by atoms with Gasteiger partial charge in [0, 0.05) is 29.8 Å². The topological polar surface area (TPSA) is 90.9 Å². The summed E-state index contributed by atoms with van der Waals surface area (Å²) in [6.07, 6.45) is 2.51. The molecule has 2 N–H and O–H groups in total. The highest BCUT2D eigenvalue weighted by atomic mass is 32.1. The van der Waals surface area contributed by atoms with Gasteiger partial charge < -0.3 is 29.6 Å². The Balaban J connectivity index is 1.35. The number of pyridine rings is 1. The molecule has 1 aromatic heterocycles. The minimum atomic E-state index is -0.181. The number of hydrogen-bond acceptors (Lipinski definition) is 7. The van der Waals surface area contributed by atoms with Gasteiger partial charge in [-0.25, -0.2) is 0 Å². The molecule has 0 aliphatic carbocycles. The van der Waals surface area contributed by atoms with Crippen LogP contribution in [0.25, 0.3) is 10.9 Å². The van der Waals surface area contributed by atoms with Gasteiger partial charge in [0.2, 0.25) is 5.91 Å². The number of methoxy groups -OCH3 is 3. The fourth-order valence-electron chi connectivity index (χ4n) is 3.78. The molecule has 0 fully saturated rings.